The van der Waals surface area contributed by atoms with Crippen LogP contribution in [0, 0.1) is 5.92 Å². The second kappa shape index (κ2) is 4.50. The van der Waals surface area contributed by atoms with Crippen LogP contribution in [0.4, 0.5) is 0 Å². The van der Waals surface area contributed by atoms with E-state index in [-0.39, 0.29) is 5.79 Å². The lowest BCUT2D eigenvalue weighted by Crippen LogP contribution is -2.49. The fourth-order valence-electron chi connectivity index (χ4n) is 3.49. The van der Waals surface area contributed by atoms with Crippen molar-refractivity contribution in [3.8, 4) is 0 Å². The van der Waals surface area contributed by atoms with Gasteiger partial charge in [-0.1, -0.05) is 0 Å². The van der Waals surface area contributed by atoms with Gasteiger partial charge in [0.15, 0.2) is 5.79 Å². The molecule has 4 nitrogen and oxygen atoms in total. The van der Waals surface area contributed by atoms with Crippen LogP contribution in [0.3, 0.4) is 0 Å². The van der Waals surface area contributed by atoms with Gasteiger partial charge < -0.3 is 19.3 Å². The molecule has 2 heterocycles. The molecule has 0 radical (unpaired) electrons. The summed E-state index contributed by atoms with van der Waals surface area (Å²) in [5.74, 6) is 0.0345. The Morgan fingerprint density at radius 1 is 0.824 bits per heavy atom. The van der Waals surface area contributed by atoms with Gasteiger partial charge in [-0.25, -0.2) is 0 Å². The smallest absolute Gasteiger partial charge is 0.168 e. The Morgan fingerprint density at radius 2 is 1.41 bits per heavy atom. The molecule has 1 N–H and O–H groups in total. The van der Waals surface area contributed by atoms with Gasteiger partial charge in [-0.05, 0) is 31.6 Å². The largest absolute Gasteiger partial charge is 0.390 e. The Balaban J connectivity index is 1.62. The van der Waals surface area contributed by atoms with Crippen molar-refractivity contribution in [1.29, 1.82) is 0 Å². The zero-order chi connectivity index (χ0) is 11.8. The SMILES string of the molecule is OC1(C2CCOCC2)CCC2(CC1)OCCO2. The highest BCUT2D eigenvalue weighted by molar-refractivity contribution is 4.95. The van der Waals surface area contributed by atoms with E-state index in [1.54, 1.807) is 0 Å². The molecular weight excluding hydrogens is 220 g/mol. The Kier molecular flexibility index (Phi) is 3.15. The molecular formula is C13H22O4. The van der Waals surface area contributed by atoms with E-state index in [0.29, 0.717) is 19.1 Å². The van der Waals surface area contributed by atoms with Gasteiger partial charge in [0, 0.05) is 26.1 Å². The van der Waals surface area contributed by atoms with Crippen LogP contribution in [0.25, 0.3) is 0 Å². The van der Waals surface area contributed by atoms with Crippen LogP contribution in [-0.4, -0.2) is 42.9 Å². The van der Waals surface area contributed by atoms with E-state index in [1.807, 2.05) is 0 Å². The van der Waals surface area contributed by atoms with Crippen molar-refractivity contribution in [2.45, 2.75) is 49.9 Å². The second-order valence-corrected chi connectivity index (χ2v) is 5.60. The molecule has 0 bridgehead atoms. The Morgan fingerprint density at radius 3 is 2.00 bits per heavy atom. The molecule has 98 valence electrons. The highest BCUT2D eigenvalue weighted by Crippen LogP contribution is 2.45. The minimum Gasteiger partial charge on any atom is -0.390 e. The predicted molar refractivity (Wildman–Crippen MR) is 61.6 cm³/mol. The first-order chi connectivity index (χ1) is 8.23. The quantitative estimate of drug-likeness (QED) is 0.756. The summed E-state index contributed by atoms with van der Waals surface area (Å²) in [6.07, 6.45) is 5.26. The van der Waals surface area contributed by atoms with E-state index in [9.17, 15) is 5.11 Å². The second-order valence-electron chi connectivity index (χ2n) is 5.60. The van der Waals surface area contributed by atoms with E-state index >= 15 is 0 Å². The summed E-state index contributed by atoms with van der Waals surface area (Å²) in [6.45, 7) is 3.00. The molecule has 4 heteroatoms. The first-order valence-corrected chi connectivity index (χ1v) is 6.81. The zero-order valence-electron chi connectivity index (χ0n) is 10.3. The number of hydrogen-bond acceptors (Lipinski definition) is 4. The van der Waals surface area contributed by atoms with E-state index < -0.39 is 5.60 Å². The van der Waals surface area contributed by atoms with Crippen molar-refractivity contribution in [2.75, 3.05) is 26.4 Å². The molecule has 1 aliphatic carbocycles. The predicted octanol–water partition coefficient (Wildman–Crippen LogP) is 1.46. The average Bonchev–Trinajstić information content (AvgIpc) is 2.84. The molecule has 0 aromatic heterocycles. The Bertz CT molecular complexity index is 257. The summed E-state index contributed by atoms with van der Waals surface area (Å²) in [5, 5.41) is 10.8. The number of ether oxygens (including phenoxy) is 3. The van der Waals surface area contributed by atoms with Gasteiger partial charge in [-0.2, -0.15) is 0 Å². The summed E-state index contributed by atoms with van der Waals surface area (Å²) in [4.78, 5) is 0. The minimum absolute atomic E-state index is 0.364. The van der Waals surface area contributed by atoms with Crippen molar-refractivity contribution in [3.05, 3.63) is 0 Å². The fraction of sp³-hybridized carbons (Fsp3) is 1.00. The molecule has 2 saturated heterocycles. The van der Waals surface area contributed by atoms with Gasteiger partial charge in [-0.3, -0.25) is 0 Å². The molecule has 3 rings (SSSR count). The topological polar surface area (TPSA) is 47.9 Å². The summed E-state index contributed by atoms with van der Waals surface area (Å²) in [6, 6.07) is 0. The van der Waals surface area contributed by atoms with Crippen molar-refractivity contribution in [1.82, 2.24) is 0 Å². The fourth-order valence-corrected chi connectivity index (χ4v) is 3.49. The molecule has 0 amide bonds. The molecule has 0 unspecified atom stereocenters. The highest BCUT2D eigenvalue weighted by Gasteiger charge is 2.48. The van der Waals surface area contributed by atoms with E-state index in [0.717, 1.165) is 51.7 Å². The molecule has 17 heavy (non-hydrogen) atoms. The van der Waals surface area contributed by atoms with E-state index in [4.69, 9.17) is 14.2 Å². The monoisotopic (exact) mass is 242 g/mol. The summed E-state index contributed by atoms with van der Waals surface area (Å²) < 4.78 is 16.8. The van der Waals surface area contributed by atoms with Crippen molar-refractivity contribution < 1.29 is 19.3 Å². The van der Waals surface area contributed by atoms with Gasteiger partial charge in [0.2, 0.25) is 0 Å². The lowest BCUT2D eigenvalue weighted by molar-refractivity contribution is -0.214. The summed E-state index contributed by atoms with van der Waals surface area (Å²) in [5.41, 5.74) is -0.510. The van der Waals surface area contributed by atoms with Gasteiger partial charge in [0.1, 0.15) is 0 Å². The van der Waals surface area contributed by atoms with Gasteiger partial charge >= 0.3 is 0 Å². The molecule has 0 aromatic carbocycles. The number of rotatable bonds is 1. The third-order valence-electron chi connectivity index (χ3n) is 4.67. The van der Waals surface area contributed by atoms with Crippen LogP contribution in [0.2, 0.25) is 0 Å². The zero-order valence-corrected chi connectivity index (χ0v) is 10.3. The maximum atomic E-state index is 10.8. The Labute approximate surface area is 102 Å². The summed E-state index contributed by atoms with van der Waals surface area (Å²) in [7, 11) is 0. The number of aliphatic hydroxyl groups is 1. The molecule has 1 saturated carbocycles. The molecule has 0 atom stereocenters. The molecule has 0 aromatic rings. The van der Waals surface area contributed by atoms with Gasteiger partial charge in [-0.15, -0.1) is 0 Å². The van der Waals surface area contributed by atoms with E-state index in [1.165, 1.54) is 0 Å². The van der Waals surface area contributed by atoms with Crippen LogP contribution in [0.5, 0.6) is 0 Å². The van der Waals surface area contributed by atoms with Crippen LogP contribution in [0.15, 0.2) is 0 Å². The average molecular weight is 242 g/mol. The maximum Gasteiger partial charge on any atom is 0.168 e. The minimum atomic E-state index is -0.510. The third-order valence-corrected chi connectivity index (χ3v) is 4.67. The van der Waals surface area contributed by atoms with E-state index in [2.05, 4.69) is 0 Å². The summed E-state index contributed by atoms with van der Waals surface area (Å²) >= 11 is 0. The lowest BCUT2D eigenvalue weighted by atomic mass is 9.71. The van der Waals surface area contributed by atoms with Crippen LogP contribution < -0.4 is 0 Å². The molecule has 3 aliphatic rings. The Hall–Kier alpha value is -0.160. The van der Waals surface area contributed by atoms with Crippen LogP contribution >= 0.6 is 0 Å². The maximum absolute atomic E-state index is 10.8. The first-order valence-electron chi connectivity index (χ1n) is 6.81. The number of hydrogen-bond donors (Lipinski definition) is 1. The van der Waals surface area contributed by atoms with Gasteiger partial charge in [0.05, 0.1) is 18.8 Å². The van der Waals surface area contributed by atoms with Crippen molar-refractivity contribution in [3.63, 3.8) is 0 Å². The molecule has 3 fully saturated rings. The lowest BCUT2D eigenvalue weighted by Gasteiger charge is -2.45. The van der Waals surface area contributed by atoms with Crippen molar-refractivity contribution in [2.24, 2.45) is 5.92 Å². The third kappa shape index (κ3) is 2.24. The molecule has 2 aliphatic heterocycles. The van der Waals surface area contributed by atoms with Crippen molar-refractivity contribution >= 4 is 0 Å². The first kappa shape index (κ1) is 11.9. The standard InChI is InChI=1S/C13H22O4/c14-12(11-1-7-15-8-2-11)3-5-13(6-4-12)16-9-10-17-13/h11,14H,1-10H2. The van der Waals surface area contributed by atoms with Gasteiger partial charge in [0.25, 0.3) is 0 Å². The van der Waals surface area contributed by atoms with Crippen LogP contribution in [-0.2, 0) is 14.2 Å². The van der Waals surface area contributed by atoms with Crippen LogP contribution in [0.1, 0.15) is 38.5 Å². The normalized spacial score (nSPS) is 33.0. The molecule has 1 spiro atoms. The highest BCUT2D eigenvalue weighted by atomic mass is 16.7.